The molecule has 1 saturated heterocycles. The third-order valence-corrected chi connectivity index (χ3v) is 5.16. The Morgan fingerprint density at radius 1 is 1.32 bits per heavy atom. The summed E-state index contributed by atoms with van der Waals surface area (Å²) in [5.74, 6) is 0. The van der Waals surface area contributed by atoms with E-state index in [1.807, 2.05) is 19.9 Å². The highest BCUT2D eigenvalue weighted by Gasteiger charge is 2.44. The molecule has 0 amide bonds. The van der Waals surface area contributed by atoms with Crippen LogP contribution in [0.25, 0.3) is 0 Å². The number of rotatable bonds is 6. The van der Waals surface area contributed by atoms with Crippen molar-refractivity contribution in [3.8, 4) is 0 Å². The van der Waals surface area contributed by atoms with Crippen LogP contribution in [0.2, 0.25) is 10.0 Å². The first kappa shape index (κ1) is 18.6. The summed E-state index contributed by atoms with van der Waals surface area (Å²) in [6.45, 7) is 4.89. The van der Waals surface area contributed by atoms with Crippen LogP contribution >= 0.6 is 23.2 Å². The van der Waals surface area contributed by atoms with E-state index in [1.165, 1.54) is 6.33 Å². The third-order valence-electron chi connectivity index (χ3n) is 4.58. The van der Waals surface area contributed by atoms with Gasteiger partial charge >= 0.3 is 0 Å². The number of benzene rings is 1. The van der Waals surface area contributed by atoms with Gasteiger partial charge in [-0.05, 0) is 24.1 Å². The monoisotopic (exact) mass is 385 g/mol. The van der Waals surface area contributed by atoms with E-state index in [0.29, 0.717) is 29.7 Å². The lowest BCUT2D eigenvalue weighted by Gasteiger charge is -2.38. The van der Waals surface area contributed by atoms with E-state index in [2.05, 4.69) is 10.1 Å². The normalized spacial score (nSPS) is 18.4. The van der Waals surface area contributed by atoms with Crippen LogP contribution in [0.3, 0.4) is 0 Å². The molecule has 1 aliphatic rings. The number of hydrogen-bond donors (Lipinski definition) is 1. The summed E-state index contributed by atoms with van der Waals surface area (Å²) in [6.07, 6.45) is 2.22. The SMILES string of the molecule is CC(C)(C1OCCO1)C(O)C(Cc1ccc(Cl)cc1Cl)n1cncn1. The number of hydrogen-bond acceptors (Lipinski definition) is 5. The number of nitrogens with zero attached hydrogens (tertiary/aromatic N) is 3. The Bertz CT molecular complexity index is 703. The van der Waals surface area contributed by atoms with Crippen LogP contribution in [0, 0.1) is 5.41 Å². The Labute approximate surface area is 156 Å². The average molecular weight is 386 g/mol. The highest BCUT2D eigenvalue weighted by molar-refractivity contribution is 6.35. The largest absolute Gasteiger partial charge is 0.390 e. The molecule has 6 nitrogen and oxygen atoms in total. The molecule has 8 heteroatoms. The summed E-state index contributed by atoms with van der Waals surface area (Å²) in [7, 11) is 0. The van der Waals surface area contributed by atoms with Crippen LogP contribution in [0.15, 0.2) is 30.9 Å². The number of halogens is 2. The van der Waals surface area contributed by atoms with Crippen LogP contribution < -0.4 is 0 Å². The Kier molecular flexibility index (Phi) is 5.65. The van der Waals surface area contributed by atoms with Gasteiger partial charge in [0, 0.05) is 15.5 Å². The van der Waals surface area contributed by atoms with Crippen molar-refractivity contribution >= 4 is 23.2 Å². The van der Waals surface area contributed by atoms with Crippen molar-refractivity contribution in [3.05, 3.63) is 46.5 Å². The molecule has 2 atom stereocenters. The summed E-state index contributed by atoms with van der Waals surface area (Å²) < 4.78 is 12.9. The van der Waals surface area contributed by atoms with E-state index in [4.69, 9.17) is 32.7 Å². The quantitative estimate of drug-likeness (QED) is 0.826. The smallest absolute Gasteiger partial charge is 0.165 e. The van der Waals surface area contributed by atoms with Crippen molar-refractivity contribution in [3.63, 3.8) is 0 Å². The third kappa shape index (κ3) is 3.99. The van der Waals surface area contributed by atoms with Gasteiger partial charge in [0.1, 0.15) is 12.7 Å². The summed E-state index contributed by atoms with van der Waals surface area (Å²) in [5, 5.41) is 16.5. The minimum Gasteiger partial charge on any atom is -0.390 e. The second-order valence-corrected chi connectivity index (χ2v) is 7.57. The molecule has 1 aliphatic heterocycles. The lowest BCUT2D eigenvalue weighted by Crippen LogP contribution is -2.46. The summed E-state index contributed by atoms with van der Waals surface area (Å²) in [5.41, 5.74) is 0.223. The number of aromatic nitrogens is 3. The molecule has 1 fully saturated rings. The highest BCUT2D eigenvalue weighted by Crippen LogP contribution is 2.38. The Morgan fingerprint density at radius 2 is 2.04 bits per heavy atom. The molecular formula is C17H21Cl2N3O3. The van der Waals surface area contributed by atoms with Crippen LogP contribution in [0.4, 0.5) is 0 Å². The number of aliphatic hydroxyl groups excluding tert-OH is 1. The van der Waals surface area contributed by atoms with Gasteiger partial charge in [-0.2, -0.15) is 5.10 Å². The lowest BCUT2D eigenvalue weighted by molar-refractivity contribution is -0.169. The Hall–Kier alpha value is -1.18. The molecule has 1 N–H and O–H groups in total. The fourth-order valence-corrected chi connectivity index (χ4v) is 3.56. The van der Waals surface area contributed by atoms with Gasteiger partial charge < -0.3 is 14.6 Å². The minimum absolute atomic E-state index is 0.385. The molecule has 0 radical (unpaired) electrons. The van der Waals surface area contributed by atoms with Crippen LogP contribution in [0.5, 0.6) is 0 Å². The van der Waals surface area contributed by atoms with Crippen molar-refractivity contribution in [2.45, 2.75) is 38.7 Å². The maximum atomic E-state index is 11.2. The summed E-state index contributed by atoms with van der Waals surface area (Å²) in [6, 6.07) is 4.94. The van der Waals surface area contributed by atoms with Crippen molar-refractivity contribution in [2.24, 2.45) is 5.41 Å². The van der Waals surface area contributed by atoms with Gasteiger partial charge in [-0.3, -0.25) is 0 Å². The molecular weight excluding hydrogens is 365 g/mol. The van der Waals surface area contributed by atoms with Crippen molar-refractivity contribution in [2.75, 3.05) is 13.2 Å². The summed E-state index contributed by atoms with van der Waals surface area (Å²) >= 11 is 12.3. The second kappa shape index (κ2) is 7.60. The zero-order valence-corrected chi connectivity index (χ0v) is 15.6. The molecule has 0 bridgehead atoms. The molecule has 3 rings (SSSR count). The van der Waals surface area contributed by atoms with Crippen molar-refractivity contribution in [1.29, 1.82) is 0 Å². The fraction of sp³-hybridized carbons (Fsp3) is 0.529. The van der Waals surface area contributed by atoms with Crippen molar-refractivity contribution < 1.29 is 14.6 Å². The Balaban J connectivity index is 1.89. The highest BCUT2D eigenvalue weighted by atomic mass is 35.5. The lowest BCUT2D eigenvalue weighted by atomic mass is 9.80. The first-order valence-electron chi connectivity index (χ1n) is 8.09. The fourth-order valence-electron chi connectivity index (χ4n) is 3.07. The van der Waals surface area contributed by atoms with E-state index < -0.39 is 17.8 Å². The first-order chi connectivity index (χ1) is 11.9. The van der Waals surface area contributed by atoms with Gasteiger partial charge in [0.2, 0.25) is 0 Å². The predicted molar refractivity (Wildman–Crippen MR) is 94.7 cm³/mol. The summed E-state index contributed by atoms with van der Waals surface area (Å²) in [4.78, 5) is 4.01. The minimum atomic E-state index is -0.802. The maximum absolute atomic E-state index is 11.2. The van der Waals surface area contributed by atoms with Gasteiger partial charge in [-0.1, -0.05) is 43.1 Å². The molecule has 1 aromatic heterocycles. The maximum Gasteiger partial charge on any atom is 0.165 e. The van der Waals surface area contributed by atoms with Crippen LogP contribution in [0.1, 0.15) is 25.5 Å². The molecule has 2 aromatic rings. The van der Waals surface area contributed by atoms with Crippen LogP contribution in [-0.2, 0) is 15.9 Å². The van der Waals surface area contributed by atoms with Gasteiger partial charge in [0.25, 0.3) is 0 Å². The van der Waals surface area contributed by atoms with E-state index >= 15 is 0 Å². The van der Waals surface area contributed by atoms with Crippen molar-refractivity contribution in [1.82, 2.24) is 14.8 Å². The average Bonchev–Trinajstić information content (AvgIpc) is 3.27. The van der Waals surface area contributed by atoms with E-state index in [-0.39, 0.29) is 6.04 Å². The molecule has 1 aromatic carbocycles. The predicted octanol–water partition coefficient (Wildman–Crippen LogP) is 3.13. The zero-order valence-electron chi connectivity index (χ0n) is 14.1. The molecule has 0 saturated carbocycles. The molecule has 2 unspecified atom stereocenters. The number of aliphatic hydroxyl groups is 1. The molecule has 0 spiro atoms. The Morgan fingerprint density at radius 3 is 2.64 bits per heavy atom. The van der Waals surface area contributed by atoms with Gasteiger partial charge in [-0.25, -0.2) is 9.67 Å². The van der Waals surface area contributed by atoms with E-state index in [0.717, 1.165) is 5.56 Å². The van der Waals surface area contributed by atoms with E-state index in [1.54, 1.807) is 23.1 Å². The second-order valence-electron chi connectivity index (χ2n) is 6.72. The molecule has 2 heterocycles. The standard InChI is InChI=1S/C17H21Cl2N3O3/c1-17(2,16-24-5-6-25-16)15(23)14(22-10-20-9-21-22)7-11-3-4-12(18)8-13(11)19/h3-4,8-10,14-16,23H,5-7H2,1-2H3. The van der Waals surface area contributed by atoms with Crippen LogP contribution in [-0.4, -0.2) is 45.5 Å². The van der Waals surface area contributed by atoms with Gasteiger partial charge in [0.15, 0.2) is 6.29 Å². The number of ether oxygens (including phenoxy) is 2. The first-order valence-corrected chi connectivity index (χ1v) is 8.84. The van der Waals surface area contributed by atoms with Gasteiger partial charge in [-0.15, -0.1) is 0 Å². The van der Waals surface area contributed by atoms with Gasteiger partial charge in [0.05, 0.1) is 25.4 Å². The van der Waals surface area contributed by atoms with E-state index in [9.17, 15) is 5.11 Å². The zero-order chi connectivity index (χ0) is 18.0. The molecule has 0 aliphatic carbocycles. The molecule has 136 valence electrons. The molecule has 25 heavy (non-hydrogen) atoms. The topological polar surface area (TPSA) is 69.4 Å².